The topological polar surface area (TPSA) is 89.7 Å². The summed E-state index contributed by atoms with van der Waals surface area (Å²) in [5.74, 6) is 1.42. The molecule has 0 bridgehead atoms. The second kappa shape index (κ2) is 7.99. The van der Waals surface area contributed by atoms with Crippen LogP contribution < -0.4 is 19.7 Å². The van der Waals surface area contributed by atoms with Gasteiger partial charge in [0.05, 0.1) is 22.2 Å². The van der Waals surface area contributed by atoms with E-state index >= 15 is 0 Å². The van der Waals surface area contributed by atoms with E-state index in [-0.39, 0.29) is 18.7 Å². The summed E-state index contributed by atoms with van der Waals surface area (Å²) in [5.41, 5.74) is 2.27. The predicted octanol–water partition coefficient (Wildman–Crippen LogP) is 5.37. The highest BCUT2D eigenvalue weighted by Gasteiger charge is 2.37. The number of allylic oxidation sites excluding steroid dienone is 1. The summed E-state index contributed by atoms with van der Waals surface area (Å²) in [6.07, 6.45) is 0. The van der Waals surface area contributed by atoms with Gasteiger partial charge in [-0.15, -0.1) is 11.3 Å². The van der Waals surface area contributed by atoms with Gasteiger partial charge in [0, 0.05) is 11.8 Å². The number of ether oxygens (including phenoxy) is 2. The van der Waals surface area contributed by atoms with E-state index in [9.17, 15) is 9.18 Å². The number of rotatable bonds is 4. The molecule has 0 fully saturated rings. The lowest BCUT2D eigenvalue weighted by atomic mass is 9.94. The largest absolute Gasteiger partial charge is 0.454 e. The van der Waals surface area contributed by atoms with Gasteiger partial charge in [0.2, 0.25) is 12.6 Å². The van der Waals surface area contributed by atoms with E-state index in [0.717, 1.165) is 4.88 Å². The first-order valence-corrected chi connectivity index (χ1v) is 11.3. The van der Waals surface area contributed by atoms with Crippen LogP contribution in [0.2, 0.25) is 0 Å². The number of hydrogen-bond donors (Lipinski definition) is 1. The molecule has 1 N–H and O–H groups in total. The molecule has 0 spiro atoms. The number of carbonyl (C=O) groups excluding carboxylic acids is 1. The SMILES string of the molecule is CC1=C(c2nc(-c3cccs3)no2)C(c2cccc(F)c2)NC(=O)N1c1ccc2c(c1)OCO2. The predicted molar refractivity (Wildman–Crippen MR) is 123 cm³/mol. The molecule has 6 rings (SSSR count). The molecule has 2 aromatic carbocycles. The van der Waals surface area contributed by atoms with Crippen LogP contribution in [0.15, 0.2) is 70.2 Å². The monoisotopic (exact) mass is 476 g/mol. The lowest BCUT2D eigenvalue weighted by molar-refractivity contribution is 0.174. The van der Waals surface area contributed by atoms with Gasteiger partial charge in [-0.3, -0.25) is 4.90 Å². The van der Waals surface area contributed by atoms with Crippen molar-refractivity contribution in [2.24, 2.45) is 0 Å². The number of benzene rings is 2. The van der Waals surface area contributed by atoms with Gasteiger partial charge in [-0.25, -0.2) is 9.18 Å². The number of carbonyl (C=O) groups is 1. The van der Waals surface area contributed by atoms with Crippen LogP contribution in [0.25, 0.3) is 16.3 Å². The Bertz CT molecular complexity index is 1430. The molecule has 0 saturated heterocycles. The summed E-state index contributed by atoms with van der Waals surface area (Å²) < 4.78 is 30.6. The Labute approximate surface area is 197 Å². The Balaban J connectivity index is 1.50. The molecular weight excluding hydrogens is 459 g/mol. The zero-order valence-corrected chi connectivity index (χ0v) is 18.6. The lowest BCUT2D eigenvalue weighted by Crippen LogP contribution is -2.46. The van der Waals surface area contributed by atoms with E-state index in [2.05, 4.69) is 15.5 Å². The maximum Gasteiger partial charge on any atom is 0.327 e. The van der Waals surface area contributed by atoms with Gasteiger partial charge in [0.1, 0.15) is 5.82 Å². The van der Waals surface area contributed by atoms with Crippen LogP contribution in [0.5, 0.6) is 11.5 Å². The summed E-state index contributed by atoms with van der Waals surface area (Å²) in [6, 6.07) is 14.0. The van der Waals surface area contributed by atoms with Crippen molar-refractivity contribution in [2.45, 2.75) is 13.0 Å². The summed E-state index contributed by atoms with van der Waals surface area (Å²) in [5, 5.41) is 9.01. The molecule has 10 heteroatoms. The number of fused-ring (bicyclic) bond motifs is 1. The minimum absolute atomic E-state index is 0.125. The van der Waals surface area contributed by atoms with Crippen LogP contribution in [0.4, 0.5) is 14.9 Å². The third-order valence-electron chi connectivity index (χ3n) is 5.68. The molecule has 0 radical (unpaired) electrons. The molecule has 1 unspecified atom stereocenters. The molecule has 2 amide bonds. The normalized spacial score (nSPS) is 17.3. The van der Waals surface area contributed by atoms with Gasteiger partial charge >= 0.3 is 6.03 Å². The molecule has 170 valence electrons. The highest BCUT2D eigenvalue weighted by Crippen LogP contribution is 2.42. The fraction of sp³-hybridized carbons (Fsp3) is 0.125. The van der Waals surface area contributed by atoms with Gasteiger partial charge < -0.3 is 19.3 Å². The van der Waals surface area contributed by atoms with Crippen LogP contribution in [0, 0.1) is 5.82 Å². The van der Waals surface area contributed by atoms with Crippen molar-refractivity contribution in [3.63, 3.8) is 0 Å². The smallest absolute Gasteiger partial charge is 0.327 e. The summed E-state index contributed by atoms with van der Waals surface area (Å²) >= 11 is 1.49. The second-order valence-corrected chi connectivity index (χ2v) is 8.66. The molecule has 2 aliphatic rings. The van der Waals surface area contributed by atoms with Crippen molar-refractivity contribution < 1.29 is 23.2 Å². The van der Waals surface area contributed by atoms with Gasteiger partial charge in [-0.1, -0.05) is 23.4 Å². The zero-order chi connectivity index (χ0) is 23.2. The average Bonchev–Trinajstić information content (AvgIpc) is 3.59. The zero-order valence-electron chi connectivity index (χ0n) is 17.8. The molecule has 1 atom stereocenters. The fourth-order valence-corrected chi connectivity index (χ4v) is 4.78. The number of nitrogens with zero attached hydrogens (tertiary/aromatic N) is 3. The third kappa shape index (κ3) is 3.39. The number of anilines is 1. The van der Waals surface area contributed by atoms with Gasteiger partial charge in [0.25, 0.3) is 5.89 Å². The third-order valence-corrected chi connectivity index (χ3v) is 6.54. The van der Waals surface area contributed by atoms with Crippen molar-refractivity contribution in [3.8, 4) is 22.2 Å². The van der Waals surface area contributed by atoms with Crippen LogP contribution in [0.1, 0.15) is 24.4 Å². The Kier molecular flexibility index (Phi) is 4.80. The standard InChI is InChI=1S/C24H17FN4O4S/c1-13-20(23-27-22(28-33-23)19-6-3-9-34-19)21(14-4-2-5-15(25)10-14)26-24(30)29(13)16-7-8-17-18(11-16)32-12-31-17/h2-11,21H,12H2,1H3,(H,26,30). The minimum atomic E-state index is -0.690. The van der Waals surface area contributed by atoms with Gasteiger partial charge in [-0.2, -0.15) is 4.98 Å². The Hall–Kier alpha value is -4.18. The average molecular weight is 476 g/mol. The molecule has 0 saturated carbocycles. The van der Waals surface area contributed by atoms with Crippen molar-refractivity contribution in [1.29, 1.82) is 0 Å². The molecule has 34 heavy (non-hydrogen) atoms. The van der Waals surface area contributed by atoms with Gasteiger partial charge in [0.15, 0.2) is 11.5 Å². The number of amides is 2. The van der Waals surface area contributed by atoms with Crippen LogP contribution >= 0.6 is 11.3 Å². The minimum Gasteiger partial charge on any atom is -0.454 e. The number of nitrogens with one attached hydrogen (secondary N) is 1. The van der Waals surface area contributed by atoms with Crippen molar-refractivity contribution >= 4 is 28.6 Å². The van der Waals surface area contributed by atoms with E-state index in [4.69, 9.17) is 14.0 Å². The Morgan fingerprint density at radius 1 is 1.12 bits per heavy atom. The lowest BCUT2D eigenvalue weighted by Gasteiger charge is -2.35. The molecular formula is C24H17FN4O4S. The van der Waals surface area contributed by atoms with Crippen molar-refractivity contribution in [2.75, 3.05) is 11.7 Å². The van der Waals surface area contributed by atoms with Crippen LogP contribution in [0.3, 0.4) is 0 Å². The number of halogens is 1. The maximum atomic E-state index is 14.1. The number of hydrogen-bond acceptors (Lipinski definition) is 7. The Morgan fingerprint density at radius 2 is 2.00 bits per heavy atom. The fourth-order valence-electron chi connectivity index (χ4n) is 4.13. The van der Waals surface area contributed by atoms with E-state index in [1.54, 1.807) is 37.3 Å². The van der Waals surface area contributed by atoms with Crippen LogP contribution in [-0.2, 0) is 0 Å². The summed E-state index contributed by atoms with van der Waals surface area (Å²) in [4.78, 5) is 20.2. The van der Waals surface area contributed by atoms with Gasteiger partial charge in [-0.05, 0) is 48.2 Å². The molecule has 4 aromatic rings. The maximum absolute atomic E-state index is 14.1. The summed E-state index contributed by atoms with van der Waals surface area (Å²) in [7, 11) is 0. The highest BCUT2D eigenvalue weighted by molar-refractivity contribution is 7.13. The van der Waals surface area contributed by atoms with E-state index < -0.39 is 11.9 Å². The van der Waals surface area contributed by atoms with Crippen LogP contribution in [-0.4, -0.2) is 23.0 Å². The second-order valence-electron chi connectivity index (χ2n) is 7.71. The summed E-state index contributed by atoms with van der Waals surface area (Å²) in [6.45, 7) is 1.92. The van der Waals surface area contributed by atoms with E-state index in [0.29, 0.717) is 39.8 Å². The molecule has 0 aliphatic carbocycles. The van der Waals surface area contributed by atoms with E-state index in [1.165, 1.54) is 28.4 Å². The Morgan fingerprint density at radius 3 is 2.82 bits per heavy atom. The first-order valence-electron chi connectivity index (χ1n) is 10.4. The first-order chi connectivity index (χ1) is 16.6. The van der Waals surface area contributed by atoms with E-state index in [1.807, 2.05) is 17.5 Å². The first kappa shape index (κ1) is 20.4. The number of urea groups is 1. The number of aromatic nitrogens is 2. The molecule has 8 nitrogen and oxygen atoms in total. The van der Waals surface area contributed by atoms with Crippen molar-refractivity contribution in [3.05, 3.63) is 82.9 Å². The highest BCUT2D eigenvalue weighted by atomic mass is 32.1. The molecule has 2 aromatic heterocycles. The molecule has 2 aliphatic heterocycles. The molecule has 4 heterocycles. The quantitative estimate of drug-likeness (QED) is 0.426. The van der Waals surface area contributed by atoms with Crippen molar-refractivity contribution in [1.82, 2.24) is 15.5 Å². The number of thiophene rings is 1.